The maximum absolute atomic E-state index is 6.18. The van der Waals surface area contributed by atoms with E-state index in [2.05, 4.69) is 30.9 Å². The molecule has 0 radical (unpaired) electrons. The second-order valence-corrected chi connectivity index (χ2v) is 7.53. The summed E-state index contributed by atoms with van der Waals surface area (Å²) in [6.45, 7) is 6.69. The van der Waals surface area contributed by atoms with Crippen molar-refractivity contribution in [3.8, 4) is 0 Å². The SMILES string of the molecule is CCCNC(CSCC)C1CCOC2(CCCC2)C1. The van der Waals surface area contributed by atoms with Crippen LogP contribution in [0.3, 0.4) is 0 Å². The molecule has 1 N–H and O–H groups in total. The second-order valence-electron chi connectivity index (χ2n) is 6.21. The van der Waals surface area contributed by atoms with E-state index in [0.29, 0.717) is 6.04 Å². The van der Waals surface area contributed by atoms with Crippen LogP contribution < -0.4 is 5.32 Å². The Labute approximate surface area is 123 Å². The molecular formula is C16H31NOS. The summed E-state index contributed by atoms with van der Waals surface area (Å²) in [7, 11) is 0. The van der Waals surface area contributed by atoms with Gasteiger partial charge in [0.15, 0.2) is 0 Å². The molecule has 1 heterocycles. The molecule has 2 fully saturated rings. The molecule has 1 aliphatic heterocycles. The van der Waals surface area contributed by atoms with Gasteiger partial charge in [0.2, 0.25) is 0 Å². The van der Waals surface area contributed by atoms with E-state index >= 15 is 0 Å². The van der Waals surface area contributed by atoms with Crippen molar-refractivity contribution in [2.24, 2.45) is 5.92 Å². The quantitative estimate of drug-likeness (QED) is 0.768. The van der Waals surface area contributed by atoms with Gasteiger partial charge in [-0.15, -0.1) is 0 Å². The lowest BCUT2D eigenvalue weighted by Gasteiger charge is -2.41. The molecule has 2 rings (SSSR count). The summed E-state index contributed by atoms with van der Waals surface area (Å²) in [5, 5.41) is 3.80. The minimum atomic E-state index is 0.270. The molecule has 0 aromatic heterocycles. The Bertz CT molecular complexity index is 245. The highest BCUT2D eigenvalue weighted by Crippen LogP contribution is 2.43. The van der Waals surface area contributed by atoms with Crippen molar-refractivity contribution in [3.05, 3.63) is 0 Å². The van der Waals surface area contributed by atoms with E-state index in [4.69, 9.17) is 4.74 Å². The first-order valence-electron chi connectivity index (χ1n) is 8.25. The average molecular weight is 285 g/mol. The normalized spacial score (nSPS) is 27.8. The lowest BCUT2D eigenvalue weighted by Crippen LogP contribution is -2.47. The van der Waals surface area contributed by atoms with Gasteiger partial charge in [-0.25, -0.2) is 0 Å². The van der Waals surface area contributed by atoms with E-state index in [0.717, 1.165) is 12.5 Å². The molecule has 2 atom stereocenters. The molecule has 2 nitrogen and oxygen atoms in total. The van der Waals surface area contributed by atoms with Crippen LogP contribution in [0, 0.1) is 5.92 Å². The van der Waals surface area contributed by atoms with E-state index in [-0.39, 0.29) is 5.60 Å². The lowest BCUT2D eigenvalue weighted by molar-refractivity contribution is -0.0967. The zero-order chi connectivity index (χ0) is 13.6. The van der Waals surface area contributed by atoms with Crippen LogP contribution in [0.4, 0.5) is 0 Å². The summed E-state index contributed by atoms with van der Waals surface area (Å²) in [4.78, 5) is 0. The molecule has 2 unspecified atom stereocenters. The number of nitrogens with one attached hydrogen (secondary N) is 1. The molecular weight excluding hydrogens is 254 g/mol. The van der Waals surface area contributed by atoms with Crippen molar-refractivity contribution in [3.63, 3.8) is 0 Å². The first-order valence-corrected chi connectivity index (χ1v) is 9.40. The van der Waals surface area contributed by atoms with Gasteiger partial charge in [0.1, 0.15) is 0 Å². The zero-order valence-electron chi connectivity index (χ0n) is 12.7. The van der Waals surface area contributed by atoms with Crippen molar-refractivity contribution in [2.45, 2.75) is 70.4 Å². The third kappa shape index (κ3) is 4.37. The summed E-state index contributed by atoms with van der Waals surface area (Å²) in [6.07, 6.45) is 9.18. The van der Waals surface area contributed by atoms with Crippen molar-refractivity contribution in [1.29, 1.82) is 0 Å². The maximum Gasteiger partial charge on any atom is 0.0685 e. The minimum Gasteiger partial charge on any atom is -0.375 e. The van der Waals surface area contributed by atoms with Gasteiger partial charge in [-0.2, -0.15) is 11.8 Å². The van der Waals surface area contributed by atoms with E-state index in [1.807, 2.05) is 0 Å². The van der Waals surface area contributed by atoms with Crippen LogP contribution in [0.25, 0.3) is 0 Å². The molecule has 0 amide bonds. The largest absolute Gasteiger partial charge is 0.375 e. The van der Waals surface area contributed by atoms with Crippen LogP contribution in [0.5, 0.6) is 0 Å². The Kier molecular flexibility index (Phi) is 6.51. The fourth-order valence-electron chi connectivity index (χ4n) is 3.71. The highest BCUT2D eigenvalue weighted by atomic mass is 32.2. The minimum absolute atomic E-state index is 0.270. The third-order valence-corrected chi connectivity index (χ3v) is 5.78. The van der Waals surface area contributed by atoms with Gasteiger partial charge >= 0.3 is 0 Å². The number of ether oxygens (including phenoxy) is 1. The highest BCUT2D eigenvalue weighted by Gasteiger charge is 2.41. The average Bonchev–Trinajstić information content (AvgIpc) is 2.87. The van der Waals surface area contributed by atoms with Crippen LogP contribution in [0.2, 0.25) is 0 Å². The van der Waals surface area contributed by atoms with Crippen LogP contribution in [0.15, 0.2) is 0 Å². The van der Waals surface area contributed by atoms with Crippen LogP contribution in [0.1, 0.15) is 58.8 Å². The molecule has 0 aromatic rings. The molecule has 0 aromatic carbocycles. The topological polar surface area (TPSA) is 21.3 Å². The number of hydrogen-bond acceptors (Lipinski definition) is 3. The van der Waals surface area contributed by atoms with Crippen molar-refractivity contribution < 1.29 is 4.74 Å². The van der Waals surface area contributed by atoms with Gasteiger partial charge < -0.3 is 10.1 Å². The Hall–Kier alpha value is 0.270. The summed E-state index contributed by atoms with van der Waals surface area (Å²) >= 11 is 2.09. The molecule has 19 heavy (non-hydrogen) atoms. The Balaban J connectivity index is 1.90. The third-order valence-electron chi connectivity index (χ3n) is 4.77. The first kappa shape index (κ1) is 15.7. The fourth-order valence-corrected chi connectivity index (χ4v) is 4.59. The number of rotatable bonds is 7. The lowest BCUT2D eigenvalue weighted by atomic mass is 9.81. The van der Waals surface area contributed by atoms with E-state index in [1.54, 1.807) is 0 Å². The predicted molar refractivity (Wildman–Crippen MR) is 85.0 cm³/mol. The van der Waals surface area contributed by atoms with Gasteiger partial charge in [-0.05, 0) is 50.3 Å². The van der Waals surface area contributed by atoms with E-state index in [1.165, 1.54) is 63.0 Å². The van der Waals surface area contributed by atoms with Gasteiger partial charge in [0.05, 0.1) is 5.60 Å². The number of hydrogen-bond donors (Lipinski definition) is 1. The van der Waals surface area contributed by atoms with Gasteiger partial charge in [-0.3, -0.25) is 0 Å². The summed E-state index contributed by atoms with van der Waals surface area (Å²) < 4.78 is 6.18. The molecule has 0 bridgehead atoms. The standard InChI is InChI=1S/C16H31NOS/c1-3-10-17-15(13-19-4-2)14-7-11-18-16(12-14)8-5-6-9-16/h14-15,17H,3-13H2,1-2H3. The Morgan fingerprint density at radius 3 is 2.79 bits per heavy atom. The summed E-state index contributed by atoms with van der Waals surface area (Å²) in [5.74, 6) is 3.34. The molecule has 1 aliphatic carbocycles. The molecule has 1 saturated heterocycles. The first-order chi connectivity index (χ1) is 9.29. The van der Waals surface area contributed by atoms with Gasteiger partial charge in [0, 0.05) is 18.4 Å². The van der Waals surface area contributed by atoms with Gasteiger partial charge in [-0.1, -0.05) is 26.7 Å². The molecule has 3 heteroatoms. The summed E-state index contributed by atoms with van der Waals surface area (Å²) in [5.41, 5.74) is 0.270. The molecule has 1 saturated carbocycles. The second kappa shape index (κ2) is 7.90. The monoisotopic (exact) mass is 285 g/mol. The van der Waals surface area contributed by atoms with Crippen LogP contribution in [-0.2, 0) is 4.74 Å². The van der Waals surface area contributed by atoms with Gasteiger partial charge in [0.25, 0.3) is 0 Å². The Morgan fingerprint density at radius 2 is 2.11 bits per heavy atom. The molecule has 1 spiro atoms. The summed E-state index contributed by atoms with van der Waals surface area (Å²) in [6, 6.07) is 0.700. The van der Waals surface area contributed by atoms with E-state index in [9.17, 15) is 0 Å². The maximum atomic E-state index is 6.18. The van der Waals surface area contributed by atoms with Crippen molar-refractivity contribution in [1.82, 2.24) is 5.32 Å². The fraction of sp³-hybridized carbons (Fsp3) is 1.00. The van der Waals surface area contributed by atoms with Crippen LogP contribution >= 0.6 is 11.8 Å². The van der Waals surface area contributed by atoms with Crippen molar-refractivity contribution in [2.75, 3.05) is 24.7 Å². The van der Waals surface area contributed by atoms with Crippen LogP contribution in [-0.4, -0.2) is 36.3 Å². The van der Waals surface area contributed by atoms with Crippen molar-refractivity contribution >= 4 is 11.8 Å². The predicted octanol–water partition coefficient (Wildman–Crippen LogP) is 3.85. The molecule has 112 valence electrons. The zero-order valence-corrected chi connectivity index (χ0v) is 13.6. The Morgan fingerprint density at radius 1 is 1.32 bits per heavy atom. The highest BCUT2D eigenvalue weighted by molar-refractivity contribution is 7.99. The smallest absolute Gasteiger partial charge is 0.0685 e. The molecule has 2 aliphatic rings. The number of thioether (sulfide) groups is 1. The van der Waals surface area contributed by atoms with E-state index < -0.39 is 0 Å².